The normalized spacial score (nSPS) is 17.7. The van der Waals surface area contributed by atoms with Crippen molar-refractivity contribution in [2.45, 2.75) is 0 Å². The maximum absolute atomic E-state index is 12.5. The Morgan fingerprint density at radius 2 is 1.33 bits per heavy atom. The lowest BCUT2D eigenvalue weighted by molar-refractivity contribution is 0.180. The van der Waals surface area contributed by atoms with E-state index >= 15 is 0 Å². The second-order valence-electron chi connectivity index (χ2n) is 6.14. The van der Waals surface area contributed by atoms with Crippen molar-refractivity contribution in [3.05, 3.63) is 72.2 Å². The monoisotopic (exact) mass is 320 g/mol. The third-order valence-electron chi connectivity index (χ3n) is 4.58. The van der Waals surface area contributed by atoms with Crippen molar-refractivity contribution in [1.29, 1.82) is 0 Å². The van der Waals surface area contributed by atoms with Crippen molar-refractivity contribution < 1.29 is 4.79 Å². The fourth-order valence-electron chi connectivity index (χ4n) is 3.40. The Bertz CT molecular complexity index is 788. The van der Waals surface area contributed by atoms with Gasteiger partial charge in [-0.05, 0) is 24.3 Å². The van der Waals surface area contributed by atoms with E-state index in [4.69, 9.17) is 0 Å². The number of carbonyl (C=O) groups is 1. The van der Waals surface area contributed by atoms with E-state index in [9.17, 15) is 4.79 Å². The van der Waals surface area contributed by atoms with Crippen molar-refractivity contribution in [3.8, 4) is 0 Å². The van der Waals surface area contributed by atoms with Crippen LogP contribution in [0.25, 0.3) is 0 Å². The van der Waals surface area contributed by atoms with Gasteiger partial charge in [0, 0.05) is 25.5 Å². The Labute approximate surface area is 142 Å². The number of anilines is 2. The molecular formula is C19H20N4O. The van der Waals surface area contributed by atoms with Crippen molar-refractivity contribution in [1.82, 2.24) is 9.80 Å². The number of rotatable bonds is 2. The van der Waals surface area contributed by atoms with Crippen LogP contribution in [0.1, 0.15) is 0 Å². The Balaban J connectivity index is 1.83. The number of benzene rings is 2. The third kappa shape index (κ3) is 2.21. The molecule has 0 aromatic heterocycles. The molecule has 2 aliphatic rings. The lowest BCUT2D eigenvalue weighted by Gasteiger charge is -2.35. The Kier molecular flexibility index (Phi) is 3.41. The highest BCUT2D eigenvalue weighted by molar-refractivity contribution is 5.81. The number of amides is 2. The second-order valence-corrected chi connectivity index (χ2v) is 6.14. The number of nitrogens with zero attached hydrogens (tertiary/aromatic N) is 4. The molecule has 0 N–H and O–H groups in total. The summed E-state index contributed by atoms with van der Waals surface area (Å²) in [5.74, 6) is 0.966. The molecular weight excluding hydrogens is 300 g/mol. The van der Waals surface area contributed by atoms with Crippen LogP contribution in [0.3, 0.4) is 0 Å². The highest BCUT2D eigenvalue weighted by Gasteiger charge is 2.39. The fourth-order valence-corrected chi connectivity index (χ4v) is 3.40. The third-order valence-corrected chi connectivity index (χ3v) is 4.58. The molecule has 0 aliphatic carbocycles. The first-order valence-corrected chi connectivity index (χ1v) is 8.04. The van der Waals surface area contributed by atoms with E-state index in [1.807, 2.05) is 50.5 Å². The summed E-state index contributed by atoms with van der Waals surface area (Å²) in [5, 5.41) is 0. The van der Waals surface area contributed by atoms with Crippen molar-refractivity contribution in [2.24, 2.45) is 0 Å². The molecule has 5 nitrogen and oxygen atoms in total. The highest BCUT2D eigenvalue weighted by Crippen LogP contribution is 2.36. The summed E-state index contributed by atoms with van der Waals surface area (Å²) in [4.78, 5) is 20.4. The van der Waals surface area contributed by atoms with E-state index in [0.29, 0.717) is 13.2 Å². The topological polar surface area (TPSA) is 30.0 Å². The van der Waals surface area contributed by atoms with Crippen LogP contribution in [-0.2, 0) is 0 Å². The number of carbonyl (C=O) groups excluding carboxylic acids is 1. The molecule has 0 fully saturated rings. The lowest BCUT2D eigenvalue weighted by Crippen LogP contribution is -2.47. The van der Waals surface area contributed by atoms with E-state index in [1.165, 1.54) is 0 Å². The highest BCUT2D eigenvalue weighted by atomic mass is 16.2. The molecule has 0 saturated heterocycles. The average Bonchev–Trinajstić information content (AvgIpc) is 3.00. The molecule has 0 saturated carbocycles. The molecule has 0 atom stereocenters. The number of likely N-dealkylation sites (N-methyl/N-ethyl adjacent to an activating group) is 1. The maximum atomic E-state index is 12.5. The van der Waals surface area contributed by atoms with Gasteiger partial charge in [-0.3, -0.25) is 4.90 Å². The lowest BCUT2D eigenvalue weighted by atomic mass is 10.2. The van der Waals surface area contributed by atoms with Crippen LogP contribution in [0.15, 0.2) is 72.2 Å². The zero-order valence-corrected chi connectivity index (χ0v) is 13.9. The predicted molar refractivity (Wildman–Crippen MR) is 95.5 cm³/mol. The summed E-state index contributed by atoms with van der Waals surface area (Å²) < 4.78 is 0. The zero-order valence-electron chi connectivity index (χ0n) is 13.9. The molecule has 4 rings (SSSR count). The molecule has 122 valence electrons. The van der Waals surface area contributed by atoms with Crippen LogP contribution in [0.2, 0.25) is 0 Å². The van der Waals surface area contributed by atoms with E-state index < -0.39 is 0 Å². The van der Waals surface area contributed by atoms with Gasteiger partial charge in [-0.25, -0.2) is 4.79 Å². The fraction of sp³-hybridized carbons (Fsp3) is 0.211. The Morgan fingerprint density at radius 3 is 1.92 bits per heavy atom. The van der Waals surface area contributed by atoms with Gasteiger partial charge in [0.15, 0.2) is 0 Å². The van der Waals surface area contributed by atoms with Gasteiger partial charge in [0.25, 0.3) is 0 Å². The van der Waals surface area contributed by atoms with Crippen LogP contribution in [0, 0.1) is 0 Å². The van der Waals surface area contributed by atoms with Gasteiger partial charge < -0.3 is 14.7 Å². The molecule has 0 unspecified atom stereocenters. The van der Waals surface area contributed by atoms with Gasteiger partial charge in [0.1, 0.15) is 12.5 Å². The second kappa shape index (κ2) is 5.60. The zero-order chi connectivity index (χ0) is 16.7. The van der Waals surface area contributed by atoms with Crippen LogP contribution >= 0.6 is 0 Å². The minimum absolute atomic E-state index is 0.0181. The molecule has 0 spiro atoms. The molecule has 0 bridgehead atoms. The van der Waals surface area contributed by atoms with Crippen molar-refractivity contribution in [2.75, 3.05) is 37.1 Å². The van der Waals surface area contributed by atoms with Crippen molar-refractivity contribution in [3.63, 3.8) is 0 Å². The minimum Gasteiger partial charge on any atom is -0.322 e. The summed E-state index contributed by atoms with van der Waals surface area (Å²) >= 11 is 0. The number of urea groups is 1. The van der Waals surface area contributed by atoms with E-state index in [2.05, 4.69) is 34.1 Å². The van der Waals surface area contributed by atoms with E-state index in [1.54, 1.807) is 9.80 Å². The minimum atomic E-state index is 0.0181. The van der Waals surface area contributed by atoms with Crippen molar-refractivity contribution >= 4 is 17.4 Å². The number of para-hydroxylation sites is 2. The number of hydrogen-bond donors (Lipinski definition) is 0. The van der Waals surface area contributed by atoms with Gasteiger partial charge in [-0.15, -0.1) is 0 Å². The maximum Gasteiger partial charge on any atom is 0.325 e. The molecule has 24 heavy (non-hydrogen) atoms. The standard InChI is InChI=1S/C19H20N4O/c1-20-13-17-18(21(2)19(20)24)23(16-11-7-4-8-12-16)14-22(17)15-9-5-3-6-10-15/h3-12H,13-14H2,1-2H3. The smallest absolute Gasteiger partial charge is 0.322 e. The summed E-state index contributed by atoms with van der Waals surface area (Å²) in [5.41, 5.74) is 3.38. The van der Waals surface area contributed by atoms with Gasteiger partial charge in [0.05, 0.1) is 12.2 Å². The van der Waals surface area contributed by atoms with Crippen LogP contribution in [0.4, 0.5) is 16.2 Å². The Morgan fingerprint density at radius 1 is 0.792 bits per heavy atom. The first-order chi connectivity index (χ1) is 11.7. The van der Waals surface area contributed by atoms with Crippen LogP contribution < -0.4 is 9.80 Å². The number of hydrogen-bond acceptors (Lipinski definition) is 3. The molecule has 0 radical (unpaired) electrons. The van der Waals surface area contributed by atoms with Gasteiger partial charge in [-0.1, -0.05) is 36.4 Å². The first-order valence-electron chi connectivity index (χ1n) is 8.04. The van der Waals surface area contributed by atoms with Crippen LogP contribution in [0.5, 0.6) is 0 Å². The summed E-state index contributed by atoms with van der Waals surface area (Å²) in [6.07, 6.45) is 0. The van der Waals surface area contributed by atoms with Gasteiger partial charge >= 0.3 is 6.03 Å². The molecule has 2 aromatic rings. The van der Waals surface area contributed by atoms with Gasteiger partial charge in [-0.2, -0.15) is 0 Å². The van der Waals surface area contributed by atoms with Crippen LogP contribution in [-0.4, -0.2) is 43.1 Å². The summed E-state index contributed by atoms with van der Waals surface area (Å²) in [7, 11) is 3.69. The first kappa shape index (κ1) is 14.6. The Hall–Kier alpha value is -2.95. The molecule has 2 heterocycles. The van der Waals surface area contributed by atoms with Gasteiger partial charge in [0.2, 0.25) is 0 Å². The average molecular weight is 320 g/mol. The van der Waals surface area contributed by atoms with E-state index in [-0.39, 0.29) is 6.03 Å². The molecule has 5 heteroatoms. The molecule has 2 aromatic carbocycles. The SMILES string of the molecule is CN1CC2=C(N(C)C1=O)N(c1ccccc1)CN2c1ccccc1. The largest absolute Gasteiger partial charge is 0.325 e. The molecule has 2 aliphatic heterocycles. The predicted octanol–water partition coefficient (Wildman–Crippen LogP) is 3.14. The van der Waals surface area contributed by atoms with E-state index in [0.717, 1.165) is 22.9 Å². The quantitative estimate of drug-likeness (QED) is 0.851. The summed E-state index contributed by atoms with van der Waals surface area (Å²) in [6.45, 7) is 1.31. The summed E-state index contributed by atoms with van der Waals surface area (Å²) in [6, 6.07) is 20.6. The molecule has 2 amide bonds.